The molecule has 4 nitrogen and oxygen atoms in total. The van der Waals surface area contributed by atoms with Crippen molar-refractivity contribution >= 4 is 11.6 Å². The molecule has 1 aromatic heterocycles. The van der Waals surface area contributed by atoms with Gasteiger partial charge in [0.15, 0.2) is 0 Å². The summed E-state index contributed by atoms with van der Waals surface area (Å²) in [5, 5.41) is 5.57. The van der Waals surface area contributed by atoms with E-state index < -0.39 is 11.9 Å². The van der Waals surface area contributed by atoms with E-state index in [9.17, 15) is 18.0 Å². The highest BCUT2D eigenvalue weighted by molar-refractivity contribution is 5.94. The van der Waals surface area contributed by atoms with Crippen LogP contribution in [-0.2, 0) is 12.7 Å². The number of carbonyl (C=O) groups is 1. The molecule has 0 aliphatic carbocycles. The Morgan fingerprint density at radius 1 is 1.14 bits per heavy atom. The number of hydrogen-bond acceptors (Lipinski definition) is 3. The van der Waals surface area contributed by atoms with Crippen molar-refractivity contribution < 1.29 is 18.0 Å². The molecule has 1 aromatic carbocycles. The predicted octanol–water partition coefficient (Wildman–Crippen LogP) is 3.07. The molecule has 0 saturated carbocycles. The first kappa shape index (κ1) is 15.8. The summed E-state index contributed by atoms with van der Waals surface area (Å²) < 4.78 is 37.1. The van der Waals surface area contributed by atoms with Gasteiger partial charge in [-0.3, -0.25) is 9.78 Å². The first-order chi connectivity index (χ1) is 10.4. The van der Waals surface area contributed by atoms with Gasteiger partial charge in [-0.25, -0.2) is 0 Å². The fourth-order valence-electron chi connectivity index (χ4n) is 1.77. The highest BCUT2D eigenvalue weighted by atomic mass is 19.4. The van der Waals surface area contributed by atoms with E-state index in [1.165, 1.54) is 6.07 Å². The smallest absolute Gasteiger partial charge is 0.388 e. The van der Waals surface area contributed by atoms with E-state index in [1.807, 2.05) is 0 Å². The topological polar surface area (TPSA) is 54.0 Å². The molecule has 0 saturated heterocycles. The molecule has 2 aromatic rings. The Bertz CT molecular complexity index is 637. The Balaban J connectivity index is 1.95. The third kappa shape index (κ3) is 3.97. The van der Waals surface area contributed by atoms with Crippen LogP contribution in [0.2, 0.25) is 0 Å². The number of halogens is 3. The van der Waals surface area contributed by atoms with Crippen LogP contribution in [0.4, 0.5) is 18.9 Å². The van der Waals surface area contributed by atoms with Gasteiger partial charge in [-0.05, 0) is 35.9 Å². The maximum atomic E-state index is 12.4. The Labute approximate surface area is 125 Å². The van der Waals surface area contributed by atoms with Crippen LogP contribution in [0.1, 0.15) is 21.6 Å². The van der Waals surface area contributed by atoms with Crippen molar-refractivity contribution in [3.63, 3.8) is 0 Å². The molecule has 0 aliphatic heterocycles. The fraction of sp³-hybridized carbons (Fsp3) is 0.200. The lowest BCUT2D eigenvalue weighted by Gasteiger charge is -2.08. The van der Waals surface area contributed by atoms with E-state index in [0.717, 1.165) is 18.0 Å². The van der Waals surface area contributed by atoms with Crippen molar-refractivity contribution in [3.05, 3.63) is 59.4 Å². The summed E-state index contributed by atoms with van der Waals surface area (Å²) in [6, 6.07) is 9.02. The van der Waals surface area contributed by atoms with Gasteiger partial charge in [0.05, 0.1) is 0 Å². The van der Waals surface area contributed by atoms with Crippen LogP contribution >= 0.6 is 0 Å². The average molecular weight is 309 g/mol. The van der Waals surface area contributed by atoms with E-state index >= 15 is 0 Å². The summed E-state index contributed by atoms with van der Waals surface area (Å²) >= 11 is 0. The number of rotatable bonds is 4. The monoisotopic (exact) mass is 309 g/mol. The number of benzene rings is 1. The SMILES string of the molecule is CNc1ccc(C(=O)NCc2ccc(C(F)(F)F)nc2)cc1. The molecular formula is C15H14F3N3O. The first-order valence-corrected chi connectivity index (χ1v) is 6.48. The first-order valence-electron chi connectivity index (χ1n) is 6.48. The zero-order chi connectivity index (χ0) is 16.2. The summed E-state index contributed by atoms with van der Waals surface area (Å²) in [7, 11) is 1.77. The molecule has 0 spiro atoms. The molecule has 22 heavy (non-hydrogen) atoms. The van der Waals surface area contributed by atoms with Crippen molar-refractivity contribution in [1.82, 2.24) is 10.3 Å². The maximum Gasteiger partial charge on any atom is 0.433 e. The number of hydrogen-bond donors (Lipinski definition) is 2. The molecule has 0 unspecified atom stereocenters. The number of carbonyl (C=O) groups excluding carboxylic acids is 1. The Morgan fingerprint density at radius 2 is 1.82 bits per heavy atom. The minimum absolute atomic E-state index is 0.109. The number of pyridine rings is 1. The van der Waals surface area contributed by atoms with E-state index in [0.29, 0.717) is 11.1 Å². The molecule has 0 bridgehead atoms. The minimum Gasteiger partial charge on any atom is -0.388 e. The second-order valence-corrected chi connectivity index (χ2v) is 4.56. The van der Waals surface area contributed by atoms with Gasteiger partial charge in [0.1, 0.15) is 5.69 Å². The number of alkyl halides is 3. The van der Waals surface area contributed by atoms with Crippen molar-refractivity contribution in [2.24, 2.45) is 0 Å². The highest BCUT2D eigenvalue weighted by Gasteiger charge is 2.31. The lowest BCUT2D eigenvalue weighted by atomic mass is 10.2. The molecular weight excluding hydrogens is 295 g/mol. The van der Waals surface area contributed by atoms with Crippen LogP contribution < -0.4 is 10.6 Å². The van der Waals surface area contributed by atoms with Gasteiger partial charge in [0.2, 0.25) is 0 Å². The van der Waals surface area contributed by atoms with Gasteiger partial charge in [0, 0.05) is 31.0 Å². The fourth-order valence-corrected chi connectivity index (χ4v) is 1.77. The number of aromatic nitrogens is 1. The molecule has 0 radical (unpaired) electrons. The highest BCUT2D eigenvalue weighted by Crippen LogP contribution is 2.27. The van der Waals surface area contributed by atoms with Crippen molar-refractivity contribution in [3.8, 4) is 0 Å². The van der Waals surface area contributed by atoms with Gasteiger partial charge in [-0.15, -0.1) is 0 Å². The molecule has 0 fully saturated rings. The summed E-state index contributed by atoms with van der Waals surface area (Å²) in [6.07, 6.45) is -3.36. The van der Waals surface area contributed by atoms with E-state index in [-0.39, 0.29) is 12.5 Å². The molecule has 2 rings (SSSR count). The molecule has 116 valence electrons. The third-order valence-corrected chi connectivity index (χ3v) is 3.00. The van der Waals surface area contributed by atoms with Crippen LogP contribution in [-0.4, -0.2) is 17.9 Å². The predicted molar refractivity (Wildman–Crippen MR) is 76.4 cm³/mol. The summed E-state index contributed by atoms with van der Waals surface area (Å²) in [5.74, 6) is -0.303. The summed E-state index contributed by atoms with van der Waals surface area (Å²) in [5.41, 5.74) is 0.890. The van der Waals surface area contributed by atoms with Crippen LogP contribution in [0.3, 0.4) is 0 Å². The molecule has 0 aliphatic rings. The number of nitrogens with zero attached hydrogens (tertiary/aromatic N) is 1. The molecule has 1 amide bonds. The second-order valence-electron chi connectivity index (χ2n) is 4.56. The lowest BCUT2D eigenvalue weighted by Crippen LogP contribution is -2.23. The van der Waals surface area contributed by atoms with Crippen LogP contribution in [0, 0.1) is 0 Å². The molecule has 0 atom stereocenters. The number of nitrogens with one attached hydrogen (secondary N) is 2. The van der Waals surface area contributed by atoms with Crippen LogP contribution in [0.15, 0.2) is 42.6 Å². The van der Waals surface area contributed by atoms with Crippen molar-refractivity contribution in [2.45, 2.75) is 12.7 Å². The Kier molecular flexibility index (Phi) is 4.65. The minimum atomic E-state index is -4.46. The van der Waals surface area contributed by atoms with Gasteiger partial charge in [-0.2, -0.15) is 13.2 Å². The largest absolute Gasteiger partial charge is 0.433 e. The zero-order valence-electron chi connectivity index (χ0n) is 11.7. The van der Waals surface area contributed by atoms with E-state index in [2.05, 4.69) is 15.6 Å². The maximum absolute atomic E-state index is 12.4. The zero-order valence-corrected chi connectivity index (χ0v) is 11.7. The standard InChI is InChI=1S/C15H14F3N3O/c1-19-12-5-3-11(4-6-12)14(22)21-9-10-2-7-13(20-8-10)15(16,17)18/h2-8,19H,9H2,1H3,(H,21,22). The number of amides is 1. The number of anilines is 1. The van der Waals surface area contributed by atoms with Crippen LogP contribution in [0.25, 0.3) is 0 Å². The third-order valence-electron chi connectivity index (χ3n) is 3.00. The second kappa shape index (κ2) is 6.46. The molecule has 1 heterocycles. The Morgan fingerprint density at radius 3 is 2.32 bits per heavy atom. The lowest BCUT2D eigenvalue weighted by molar-refractivity contribution is -0.141. The van der Waals surface area contributed by atoms with Crippen molar-refractivity contribution in [1.29, 1.82) is 0 Å². The van der Waals surface area contributed by atoms with Crippen LogP contribution in [0.5, 0.6) is 0 Å². The summed E-state index contributed by atoms with van der Waals surface area (Å²) in [6.45, 7) is 0.109. The van der Waals surface area contributed by atoms with Gasteiger partial charge in [-0.1, -0.05) is 6.07 Å². The van der Waals surface area contributed by atoms with Gasteiger partial charge < -0.3 is 10.6 Å². The van der Waals surface area contributed by atoms with Gasteiger partial charge in [0.25, 0.3) is 5.91 Å². The van der Waals surface area contributed by atoms with E-state index in [1.54, 1.807) is 31.3 Å². The Hall–Kier alpha value is -2.57. The normalized spacial score (nSPS) is 11.1. The molecule has 2 N–H and O–H groups in total. The van der Waals surface area contributed by atoms with Crippen molar-refractivity contribution in [2.75, 3.05) is 12.4 Å². The van der Waals surface area contributed by atoms with Gasteiger partial charge >= 0.3 is 6.18 Å². The average Bonchev–Trinajstić information content (AvgIpc) is 2.52. The summed E-state index contributed by atoms with van der Waals surface area (Å²) in [4.78, 5) is 15.3. The van der Waals surface area contributed by atoms with E-state index in [4.69, 9.17) is 0 Å². The molecule has 7 heteroatoms. The quantitative estimate of drug-likeness (QED) is 0.912.